The monoisotopic (exact) mass is 276 g/mol. The lowest BCUT2D eigenvalue weighted by Crippen LogP contribution is -2.13. The van der Waals surface area contributed by atoms with Crippen molar-refractivity contribution >= 4 is 5.97 Å². The van der Waals surface area contributed by atoms with Gasteiger partial charge in [0.1, 0.15) is 11.6 Å². The Bertz CT molecular complexity index is 597. The molecule has 2 aromatic rings. The van der Waals surface area contributed by atoms with Crippen LogP contribution in [0.5, 0.6) is 0 Å². The summed E-state index contributed by atoms with van der Waals surface area (Å²) in [5.74, 6) is -2.91. The third kappa shape index (κ3) is 3.41. The Morgan fingerprint density at radius 1 is 1.10 bits per heavy atom. The first-order chi connectivity index (χ1) is 9.58. The van der Waals surface area contributed by atoms with Gasteiger partial charge in [-0.1, -0.05) is 36.4 Å². The zero-order valence-corrected chi connectivity index (χ0v) is 10.7. The van der Waals surface area contributed by atoms with Crippen molar-refractivity contribution in [2.45, 2.75) is 18.8 Å². The van der Waals surface area contributed by atoms with Crippen LogP contribution in [-0.4, -0.2) is 11.1 Å². The fourth-order valence-corrected chi connectivity index (χ4v) is 2.14. The first-order valence-corrected chi connectivity index (χ1v) is 6.29. The summed E-state index contributed by atoms with van der Waals surface area (Å²) in [6.45, 7) is 0. The van der Waals surface area contributed by atoms with Crippen LogP contribution in [-0.2, 0) is 11.2 Å². The third-order valence-corrected chi connectivity index (χ3v) is 3.22. The second-order valence-corrected chi connectivity index (χ2v) is 4.58. The average Bonchev–Trinajstić information content (AvgIpc) is 2.42. The number of aliphatic carboxylic acids is 1. The number of aryl methyl sites for hydroxylation is 1. The molecule has 0 saturated heterocycles. The minimum atomic E-state index is -0.946. The van der Waals surface area contributed by atoms with E-state index in [1.807, 2.05) is 6.07 Å². The number of carboxylic acid groups (broad SMARTS) is 1. The summed E-state index contributed by atoms with van der Waals surface area (Å²) in [5, 5.41) is 9.26. The highest BCUT2D eigenvalue weighted by Crippen LogP contribution is 2.23. The van der Waals surface area contributed by atoms with E-state index in [4.69, 9.17) is 0 Å². The molecule has 0 aromatic heterocycles. The minimum Gasteiger partial charge on any atom is -0.481 e. The molecule has 0 aliphatic carbocycles. The highest BCUT2D eigenvalue weighted by molar-refractivity contribution is 5.76. The standard InChI is InChI=1S/C16H14F2O2/c17-13-8-6-12(15(18)10-13)7-9-14(16(19)20)11-4-2-1-3-5-11/h1-6,8,10,14H,7,9H2,(H,19,20). The van der Waals surface area contributed by atoms with Crippen molar-refractivity contribution in [3.05, 3.63) is 71.3 Å². The van der Waals surface area contributed by atoms with Gasteiger partial charge in [-0.05, 0) is 30.0 Å². The van der Waals surface area contributed by atoms with E-state index in [1.54, 1.807) is 24.3 Å². The van der Waals surface area contributed by atoms with Crippen LogP contribution in [0.1, 0.15) is 23.5 Å². The van der Waals surface area contributed by atoms with E-state index in [2.05, 4.69) is 0 Å². The Labute approximate surface area is 115 Å². The van der Waals surface area contributed by atoms with Gasteiger partial charge in [0.2, 0.25) is 0 Å². The molecule has 0 fully saturated rings. The van der Waals surface area contributed by atoms with Gasteiger partial charge in [-0.15, -0.1) is 0 Å². The zero-order chi connectivity index (χ0) is 14.5. The SMILES string of the molecule is O=C(O)C(CCc1ccc(F)cc1F)c1ccccc1. The van der Waals surface area contributed by atoms with Crippen molar-refractivity contribution in [2.24, 2.45) is 0 Å². The molecule has 1 N–H and O–H groups in total. The number of hydrogen-bond acceptors (Lipinski definition) is 1. The van der Waals surface area contributed by atoms with E-state index >= 15 is 0 Å². The maximum atomic E-state index is 13.5. The van der Waals surface area contributed by atoms with Gasteiger partial charge >= 0.3 is 5.97 Å². The van der Waals surface area contributed by atoms with Gasteiger partial charge in [0.15, 0.2) is 0 Å². The molecular formula is C16H14F2O2. The Balaban J connectivity index is 2.12. The molecule has 2 nitrogen and oxygen atoms in total. The van der Waals surface area contributed by atoms with Crippen molar-refractivity contribution in [1.29, 1.82) is 0 Å². The summed E-state index contributed by atoms with van der Waals surface area (Å²) in [5.41, 5.74) is 1.01. The van der Waals surface area contributed by atoms with Crippen LogP contribution in [0.15, 0.2) is 48.5 Å². The van der Waals surface area contributed by atoms with E-state index in [0.717, 1.165) is 6.07 Å². The predicted molar refractivity (Wildman–Crippen MR) is 71.5 cm³/mol. The minimum absolute atomic E-state index is 0.248. The third-order valence-electron chi connectivity index (χ3n) is 3.22. The van der Waals surface area contributed by atoms with E-state index in [1.165, 1.54) is 12.1 Å². The average molecular weight is 276 g/mol. The molecule has 104 valence electrons. The first-order valence-electron chi connectivity index (χ1n) is 6.29. The molecule has 0 spiro atoms. The van der Waals surface area contributed by atoms with E-state index < -0.39 is 23.5 Å². The largest absolute Gasteiger partial charge is 0.481 e. The molecular weight excluding hydrogens is 262 g/mol. The second-order valence-electron chi connectivity index (χ2n) is 4.58. The van der Waals surface area contributed by atoms with Crippen molar-refractivity contribution in [1.82, 2.24) is 0 Å². The van der Waals surface area contributed by atoms with E-state index in [-0.39, 0.29) is 12.8 Å². The van der Waals surface area contributed by atoms with Crippen LogP contribution in [0.3, 0.4) is 0 Å². The molecule has 0 amide bonds. The molecule has 0 saturated carbocycles. The highest BCUT2D eigenvalue weighted by Gasteiger charge is 2.20. The molecule has 1 unspecified atom stereocenters. The molecule has 0 aliphatic heterocycles. The highest BCUT2D eigenvalue weighted by atomic mass is 19.1. The van der Waals surface area contributed by atoms with Crippen LogP contribution in [0.4, 0.5) is 8.78 Å². The van der Waals surface area contributed by atoms with Crippen molar-refractivity contribution in [3.8, 4) is 0 Å². The topological polar surface area (TPSA) is 37.3 Å². The Hall–Kier alpha value is -2.23. The van der Waals surface area contributed by atoms with Crippen molar-refractivity contribution < 1.29 is 18.7 Å². The number of halogens is 2. The molecule has 1 atom stereocenters. The molecule has 0 aliphatic rings. The summed E-state index contributed by atoms with van der Waals surface area (Å²) >= 11 is 0. The fourth-order valence-electron chi connectivity index (χ4n) is 2.14. The number of hydrogen-bond donors (Lipinski definition) is 1. The maximum absolute atomic E-state index is 13.5. The number of rotatable bonds is 5. The summed E-state index contributed by atoms with van der Waals surface area (Å²) in [4.78, 5) is 11.3. The second kappa shape index (κ2) is 6.28. The zero-order valence-electron chi connectivity index (χ0n) is 10.7. The van der Waals surface area contributed by atoms with Gasteiger partial charge in [-0.3, -0.25) is 4.79 Å². The van der Waals surface area contributed by atoms with Crippen molar-refractivity contribution in [3.63, 3.8) is 0 Å². The fraction of sp³-hybridized carbons (Fsp3) is 0.188. The Kier molecular flexibility index (Phi) is 4.45. The van der Waals surface area contributed by atoms with Crippen LogP contribution >= 0.6 is 0 Å². The summed E-state index contributed by atoms with van der Waals surface area (Å²) < 4.78 is 26.3. The molecule has 0 radical (unpaired) electrons. The molecule has 0 heterocycles. The summed E-state index contributed by atoms with van der Waals surface area (Å²) in [6.07, 6.45) is 0.514. The molecule has 20 heavy (non-hydrogen) atoms. The lowest BCUT2D eigenvalue weighted by Gasteiger charge is -2.13. The van der Waals surface area contributed by atoms with Gasteiger partial charge in [-0.2, -0.15) is 0 Å². The van der Waals surface area contributed by atoms with Crippen LogP contribution in [0, 0.1) is 11.6 Å². The lowest BCUT2D eigenvalue weighted by atomic mass is 9.92. The van der Waals surface area contributed by atoms with Gasteiger partial charge in [0.25, 0.3) is 0 Å². The first kappa shape index (κ1) is 14.2. The van der Waals surface area contributed by atoms with E-state index in [9.17, 15) is 18.7 Å². The van der Waals surface area contributed by atoms with Gasteiger partial charge < -0.3 is 5.11 Å². The van der Waals surface area contributed by atoms with Crippen molar-refractivity contribution in [2.75, 3.05) is 0 Å². The Morgan fingerprint density at radius 2 is 1.80 bits per heavy atom. The predicted octanol–water partition coefficient (Wildman–Crippen LogP) is 3.77. The number of carboxylic acids is 1. The van der Waals surface area contributed by atoms with Crippen LogP contribution in [0.25, 0.3) is 0 Å². The lowest BCUT2D eigenvalue weighted by molar-refractivity contribution is -0.138. The van der Waals surface area contributed by atoms with Gasteiger partial charge in [0, 0.05) is 6.07 Å². The molecule has 0 bridgehead atoms. The smallest absolute Gasteiger partial charge is 0.310 e. The molecule has 2 aromatic carbocycles. The number of benzene rings is 2. The molecule has 2 rings (SSSR count). The van der Waals surface area contributed by atoms with Crippen LogP contribution < -0.4 is 0 Å². The summed E-state index contributed by atoms with van der Waals surface area (Å²) in [7, 11) is 0. The normalized spacial score (nSPS) is 12.1. The van der Waals surface area contributed by atoms with Crippen LogP contribution in [0.2, 0.25) is 0 Å². The van der Waals surface area contributed by atoms with Gasteiger partial charge in [-0.25, -0.2) is 8.78 Å². The van der Waals surface area contributed by atoms with Gasteiger partial charge in [0.05, 0.1) is 5.92 Å². The summed E-state index contributed by atoms with van der Waals surface area (Å²) in [6, 6.07) is 12.2. The maximum Gasteiger partial charge on any atom is 0.310 e. The quantitative estimate of drug-likeness (QED) is 0.902. The number of carbonyl (C=O) groups is 1. The Morgan fingerprint density at radius 3 is 2.40 bits per heavy atom. The van der Waals surface area contributed by atoms with E-state index in [0.29, 0.717) is 11.1 Å². The molecule has 4 heteroatoms.